The lowest BCUT2D eigenvalue weighted by atomic mass is 10.1. The van der Waals surface area contributed by atoms with Crippen LogP contribution < -0.4 is 5.73 Å². The first-order valence-corrected chi connectivity index (χ1v) is 6.98. The molecule has 2 aromatic heterocycles. The van der Waals surface area contributed by atoms with Gasteiger partial charge in [-0.15, -0.1) is 0 Å². The van der Waals surface area contributed by atoms with Crippen molar-refractivity contribution in [3.8, 4) is 5.82 Å². The zero-order valence-corrected chi connectivity index (χ0v) is 11.5. The standard InChI is InChI=1S/C14H16N4S/c15-13(19)12-7-4-8-18(12)14-10-5-2-1-3-6-11(10)16-9-17-14/h4,7-9H,1-3,5-6H2,(H2,15,19). The van der Waals surface area contributed by atoms with Crippen molar-refractivity contribution in [2.24, 2.45) is 5.73 Å². The van der Waals surface area contributed by atoms with Gasteiger partial charge < -0.3 is 5.73 Å². The molecule has 0 amide bonds. The molecule has 98 valence electrons. The maximum atomic E-state index is 5.77. The molecule has 1 aliphatic rings. The molecule has 0 unspecified atom stereocenters. The summed E-state index contributed by atoms with van der Waals surface area (Å²) >= 11 is 5.10. The van der Waals surface area contributed by atoms with E-state index in [-0.39, 0.29) is 0 Å². The molecule has 0 atom stereocenters. The third-order valence-corrected chi connectivity index (χ3v) is 3.79. The molecule has 1 aliphatic carbocycles. The van der Waals surface area contributed by atoms with E-state index in [2.05, 4.69) is 9.97 Å². The van der Waals surface area contributed by atoms with Crippen LogP contribution in [0.5, 0.6) is 0 Å². The van der Waals surface area contributed by atoms with Crippen LogP contribution in [0.25, 0.3) is 5.82 Å². The number of fused-ring (bicyclic) bond motifs is 1. The van der Waals surface area contributed by atoms with E-state index in [1.807, 2.05) is 22.9 Å². The topological polar surface area (TPSA) is 56.7 Å². The lowest BCUT2D eigenvalue weighted by molar-refractivity contribution is 0.708. The second-order valence-electron chi connectivity index (χ2n) is 4.81. The number of rotatable bonds is 2. The Morgan fingerprint density at radius 1 is 1.21 bits per heavy atom. The molecular weight excluding hydrogens is 256 g/mol. The first-order chi connectivity index (χ1) is 9.27. The number of hydrogen-bond donors (Lipinski definition) is 1. The molecule has 19 heavy (non-hydrogen) atoms. The molecule has 0 aliphatic heterocycles. The zero-order chi connectivity index (χ0) is 13.2. The highest BCUT2D eigenvalue weighted by Gasteiger charge is 2.17. The second-order valence-corrected chi connectivity index (χ2v) is 5.25. The van der Waals surface area contributed by atoms with Crippen molar-refractivity contribution in [1.29, 1.82) is 0 Å². The summed E-state index contributed by atoms with van der Waals surface area (Å²) in [7, 11) is 0. The maximum absolute atomic E-state index is 5.77. The highest BCUT2D eigenvalue weighted by molar-refractivity contribution is 7.80. The van der Waals surface area contributed by atoms with Gasteiger partial charge in [0.2, 0.25) is 0 Å². The third kappa shape index (κ3) is 2.26. The van der Waals surface area contributed by atoms with Gasteiger partial charge in [-0.1, -0.05) is 18.6 Å². The Kier molecular flexibility index (Phi) is 3.29. The molecule has 0 saturated carbocycles. The molecule has 5 heteroatoms. The SMILES string of the molecule is NC(=S)c1cccn1-c1ncnc2c1CCCCC2. The smallest absolute Gasteiger partial charge is 0.144 e. The van der Waals surface area contributed by atoms with Gasteiger partial charge in [-0.25, -0.2) is 9.97 Å². The normalized spacial score (nSPS) is 14.7. The molecule has 2 heterocycles. The van der Waals surface area contributed by atoms with Crippen molar-refractivity contribution in [3.05, 3.63) is 41.6 Å². The van der Waals surface area contributed by atoms with Gasteiger partial charge in [-0.05, 0) is 37.8 Å². The van der Waals surface area contributed by atoms with Crippen LogP contribution in [0, 0.1) is 0 Å². The molecule has 2 aromatic rings. The number of aromatic nitrogens is 3. The van der Waals surface area contributed by atoms with Crippen molar-refractivity contribution in [2.45, 2.75) is 32.1 Å². The third-order valence-electron chi connectivity index (χ3n) is 3.58. The number of thiocarbonyl (C=S) groups is 1. The van der Waals surface area contributed by atoms with Crippen LogP contribution in [0.2, 0.25) is 0 Å². The lowest BCUT2D eigenvalue weighted by Gasteiger charge is -2.13. The van der Waals surface area contributed by atoms with Crippen LogP contribution in [0.4, 0.5) is 0 Å². The fraction of sp³-hybridized carbons (Fsp3) is 0.357. The summed E-state index contributed by atoms with van der Waals surface area (Å²) in [5, 5.41) is 0. The van der Waals surface area contributed by atoms with E-state index in [1.54, 1.807) is 6.33 Å². The quantitative estimate of drug-likeness (QED) is 0.672. The van der Waals surface area contributed by atoms with Crippen LogP contribution in [0.15, 0.2) is 24.7 Å². The molecule has 0 bridgehead atoms. The molecule has 0 fully saturated rings. The molecule has 3 rings (SSSR count). The number of nitrogens with two attached hydrogens (primary N) is 1. The van der Waals surface area contributed by atoms with Gasteiger partial charge in [0.15, 0.2) is 0 Å². The minimum atomic E-state index is 0.394. The van der Waals surface area contributed by atoms with Gasteiger partial charge >= 0.3 is 0 Å². The Balaban J connectivity index is 2.15. The average molecular weight is 272 g/mol. The summed E-state index contributed by atoms with van der Waals surface area (Å²) in [5.74, 6) is 0.930. The van der Waals surface area contributed by atoms with Crippen molar-refractivity contribution in [2.75, 3.05) is 0 Å². The van der Waals surface area contributed by atoms with E-state index in [0.29, 0.717) is 4.99 Å². The van der Waals surface area contributed by atoms with Crippen LogP contribution in [0.1, 0.15) is 36.2 Å². The van der Waals surface area contributed by atoms with E-state index < -0.39 is 0 Å². The zero-order valence-electron chi connectivity index (χ0n) is 10.7. The van der Waals surface area contributed by atoms with Crippen LogP contribution in [-0.2, 0) is 12.8 Å². The summed E-state index contributed by atoms with van der Waals surface area (Å²) in [5.41, 5.74) is 9.02. The highest BCUT2D eigenvalue weighted by atomic mass is 32.1. The molecule has 0 radical (unpaired) electrons. The van der Waals surface area contributed by atoms with E-state index >= 15 is 0 Å². The highest BCUT2D eigenvalue weighted by Crippen LogP contribution is 2.24. The van der Waals surface area contributed by atoms with Crippen molar-refractivity contribution in [3.63, 3.8) is 0 Å². The average Bonchev–Trinajstić information content (AvgIpc) is 2.76. The Morgan fingerprint density at radius 3 is 2.89 bits per heavy atom. The minimum absolute atomic E-state index is 0.394. The van der Waals surface area contributed by atoms with Crippen LogP contribution in [0.3, 0.4) is 0 Å². The minimum Gasteiger partial charge on any atom is -0.388 e. The predicted molar refractivity (Wildman–Crippen MR) is 78.5 cm³/mol. The Morgan fingerprint density at radius 2 is 2.05 bits per heavy atom. The largest absolute Gasteiger partial charge is 0.388 e. The van der Waals surface area contributed by atoms with Gasteiger partial charge in [-0.3, -0.25) is 4.57 Å². The predicted octanol–water partition coefficient (Wildman–Crippen LogP) is 2.17. The van der Waals surface area contributed by atoms with Crippen molar-refractivity contribution in [1.82, 2.24) is 14.5 Å². The molecule has 4 nitrogen and oxygen atoms in total. The summed E-state index contributed by atoms with van der Waals surface area (Å²) in [6.45, 7) is 0. The first-order valence-electron chi connectivity index (χ1n) is 6.57. The van der Waals surface area contributed by atoms with E-state index in [9.17, 15) is 0 Å². The number of hydrogen-bond acceptors (Lipinski definition) is 3. The molecular formula is C14H16N4S. The van der Waals surface area contributed by atoms with Crippen molar-refractivity contribution >= 4 is 17.2 Å². The molecule has 2 N–H and O–H groups in total. The van der Waals surface area contributed by atoms with Crippen LogP contribution >= 0.6 is 12.2 Å². The lowest BCUT2D eigenvalue weighted by Crippen LogP contribution is -2.16. The van der Waals surface area contributed by atoms with Gasteiger partial charge in [0.05, 0.1) is 5.69 Å². The Hall–Kier alpha value is -1.75. The fourth-order valence-electron chi connectivity index (χ4n) is 2.65. The van der Waals surface area contributed by atoms with Gasteiger partial charge in [-0.2, -0.15) is 0 Å². The maximum Gasteiger partial charge on any atom is 0.144 e. The summed E-state index contributed by atoms with van der Waals surface area (Å²) in [6.07, 6.45) is 9.32. The number of nitrogens with zero attached hydrogens (tertiary/aromatic N) is 3. The van der Waals surface area contributed by atoms with Crippen molar-refractivity contribution < 1.29 is 0 Å². The van der Waals surface area contributed by atoms with E-state index in [1.165, 1.54) is 30.5 Å². The molecule has 0 spiro atoms. The molecule has 0 aromatic carbocycles. The van der Waals surface area contributed by atoms with Crippen LogP contribution in [-0.4, -0.2) is 19.5 Å². The summed E-state index contributed by atoms with van der Waals surface area (Å²) in [6, 6.07) is 3.87. The van der Waals surface area contributed by atoms with Gasteiger partial charge in [0.25, 0.3) is 0 Å². The van der Waals surface area contributed by atoms with Gasteiger partial charge in [0.1, 0.15) is 17.1 Å². The summed E-state index contributed by atoms with van der Waals surface area (Å²) in [4.78, 5) is 9.29. The first kappa shape index (κ1) is 12.3. The molecule has 0 saturated heterocycles. The summed E-state index contributed by atoms with van der Waals surface area (Å²) < 4.78 is 1.98. The van der Waals surface area contributed by atoms with E-state index in [0.717, 1.165) is 24.4 Å². The Bertz CT molecular complexity index is 618. The van der Waals surface area contributed by atoms with Gasteiger partial charge in [0, 0.05) is 17.5 Å². The monoisotopic (exact) mass is 272 g/mol. The second kappa shape index (κ2) is 5.09. The Labute approximate surface area is 117 Å². The fourth-order valence-corrected chi connectivity index (χ4v) is 2.82. The number of aryl methyl sites for hydroxylation is 1. The van der Waals surface area contributed by atoms with E-state index in [4.69, 9.17) is 18.0 Å².